The van der Waals surface area contributed by atoms with Crippen molar-refractivity contribution in [3.63, 3.8) is 0 Å². The van der Waals surface area contributed by atoms with Crippen LogP contribution in [0.25, 0.3) is 0 Å². The summed E-state index contributed by atoms with van der Waals surface area (Å²) >= 11 is 3.56. The second-order valence-electron chi connectivity index (χ2n) is 5.73. The monoisotopic (exact) mass is 331 g/mol. The number of halogens is 1. The van der Waals surface area contributed by atoms with Crippen molar-refractivity contribution in [1.82, 2.24) is 0 Å². The molecule has 2 aromatic rings. The van der Waals surface area contributed by atoms with Crippen LogP contribution in [0.5, 0.6) is 0 Å². The number of hydrogen-bond acceptors (Lipinski definition) is 1. The third kappa shape index (κ3) is 4.38. The lowest BCUT2D eigenvalue weighted by atomic mass is 10.0. The lowest BCUT2D eigenvalue weighted by Crippen LogP contribution is -2.00. The fourth-order valence-electron chi connectivity index (χ4n) is 2.17. The van der Waals surface area contributed by atoms with Gasteiger partial charge in [0.2, 0.25) is 0 Å². The smallest absolute Gasteiger partial charge is 0.0400 e. The van der Waals surface area contributed by atoms with Gasteiger partial charge >= 0.3 is 0 Å². The molecule has 1 N–H and O–H groups in total. The average molecular weight is 332 g/mol. The van der Waals surface area contributed by atoms with Crippen LogP contribution < -0.4 is 5.32 Å². The van der Waals surface area contributed by atoms with Crippen LogP contribution in [-0.2, 0) is 13.0 Å². The molecule has 2 heteroatoms. The molecule has 0 spiro atoms. The normalized spacial score (nSPS) is 10.8. The molecule has 1 nitrogen and oxygen atoms in total. The van der Waals surface area contributed by atoms with E-state index < -0.39 is 0 Å². The van der Waals surface area contributed by atoms with Gasteiger partial charge in [0, 0.05) is 16.7 Å². The molecule has 0 aliphatic heterocycles. The third-order valence-corrected chi connectivity index (χ3v) is 4.19. The first-order chi connectivity index (χ1) is 9.54. The van der Waals surface area contributed by atoms with Crippen molar-refractivity contribution in [1.29, 1.82) is 0 Å². The molecule has 0 unspecified atom stereocenters. The zero-order valence-electron chi connectivity index (χ0n) is 12.4. The van der Waals surface area contributed by atoms with Crippen LogP contribution in [0.15, 0.2) is 46.9 Å². The Morgan fingerprint density at radius 2 is 1.65 bits per heavy atom. The molecule has 0 saturated heterocycles. The molecule has 0 radical (unpaired) electrons. The lowest BCUT2D eigenvalue weighted by Gasteiger charge is -2.09. The van der Waals surface area contributed by atoms with Crippen molar-refractivity contribution < 1.29 is 0 Å². The fourth-order valence-corrected chi connectivity index (χ4v) is 2.55. The molecule has 2 rings (SSSR count). The zero-order valence-corrected chi connectivity index (χ0v) is 14.0. The Bertz CT molecular complexity index is 558. The Kier molecular flexibility index (Phi) is 5.24. The molecule has 0 bridgehead atoms. The lowest BCUT2D eigenvalue weighted by molar-refractivity contribution is 0.647. The van der Waals surface area contributed by atoms with Crippen LogP contribution >= 0.6 is 15.9 Å². The first-order valence-electron chi connectivity index (χ1n) is 7.12. The average Bonchev–Trinajstić information content (AvgIpc) is 2.41. The number of aryl methyl sites for hydroxylation is 1. The van der Waals surface area contributed by atoms with Crippen LogP contribution in [0.2, 0.25) is 0 Å². The molecule has 0 saturated carbocycles. The van der Waals surface area contributed by atoms with Crippen LogP contribution in [0, 0.1) is 12.8 Å². The van der Waals surface area contributed by atoms with Crippen LogP contribution in [0.4, 0.5) is 5.69 Å². The summed E-state index contributed by atoms with van der Waals surface area (Å²) in [6.45, 7) is 7.47. The maximum absolute atomic E-state index is 3.56. The second-order valence-corrected chi connectivity index (χ2v) is 6.59. The first-order valence-corrected chi connectivity index (χ1v) is 7.91. The minimum absolute atomic E-state index is 0.712. The number of rotatable bonds is 5. The van der Waals surface area contributed by atoms with Gasteiger partial charge in [-0.2, -0.15) is 0 Å². The molecule has 20 heavy (non-hydrogen) atoms. The summed E-state index contributed by atoms with van der Waals surface area (Å²) in [5, 5.41) is 3.46. The molecule has 0 aliphatic rings. The second kappa shape index (κ2) is 6.94. The molecule has 0 aromatic heterocycles. The van der Waals surface area contributed by atoms with Gasteiger partial charge in [-0.15, -0.1) is 0 Å². The Morgan fingerprint density at radius 3 is 2.25 bits per heavy atom. The summed E-state index contributed by atoms with van der Waals surface area (Å²) in [6, 6.07) is 15.3. The van der Waals surface area contributed by atoms with E-state index in [4.69, 9.17) is 0 Å². The van der Waals surface area contributed by atoms with Crippen molar-refractivity contribution in [2.24, 2.45) is 5.92 Å². The summed E-state index contributed by atoms with van der Waals surface area (Å²) in [5.74, 6) is 0.712. The molecular formula is C18H22BrN. The fraction of sp³-hybridized carbons (Fsp3) is 0.333. The van der Waals surface area contributed by atoms with Crippen LogP contribution in [0.1, 0.15) is 30.5 Å². The molecule has 0 fully saturated rings. The largest absolute Gasteiger partial charge is 0.381 e. The predicted molar refractivity (Wildman–Crippen MR) is 91.2 cm³/mol. The zero-order chi connectivity index (χ0) is 14.5. The highest BCUT2D eigenvalue weighted by atomic mass is 79.9. The Labute approximate surface area is 130 Å². The predicted octanol–water partition coefficient (Wildman–Crippen LogP) is 5.57. The van der Waals surface area contributed by atoms with Gasteiger partial charge in [0.25, 0.3) is 0 Å². The van der Waals surface area contributed by atoms with Gasteiger partial charge in [-0.3, -0.25) is 0 Å². The van der Waals surface area contributed by atoms with Gasteiger partial charge in [0.1, 0.15) is 0 Å². The number of nitrogens with one attached hydrogen (secondary N) is 1. The van der Waals surface area contributed by atoms with E-state index in [0.717, 1.165) is 23.1 Å². The van der Waals surface area contributed by atoms with E-state index in [-0.39, 0.29) is 0 Å². The maximum atomic E-state index is 3.56. The van der Waals surface area contributed by atoms with Gasteiger partial charge < -0.3 is 5.32 Å². The van der Waals surface area contributed by atoms with E-state index in [1.165, 1.54) is 16.7 Å². The number of anilines is 1. The molecule has 106 valence electrons. The summed E-state index contributed by atoms with van der Waals surface area (Å²) in [5.41, 5.74) is 5.14. The number of hydrogen-bond donors (Lipinski definition) is 1. The van der Waals surface area contributed by atoms with Crippen molar-refractivity contribution >= 4 is 21.6 Å². The van der Waals surface area contributed by atoms with Crippen LogP contribution in [-0.4, -0.2) is 0 Å². The minimum atomic E-state index is 0.712. The minimum Gasteiger partial charge on any atom is -0.381 e. The highest BCUT2D eigenvalue weighted by molar-refractivity contribution is 9.10. The molecular weight excluding hydrogens is 310 g/mol. The highest BCUT2D eigenvalue weighted by Crippen LogP contribution is 2.21. The first kappa shape index (κ1) is 15.1. The number of benzene rings is 2. The SMILES string of the molecule is Cc1ccc(NCc2ccc(CC(C)C)cc2)cc1Br. The van der Waals surface area contributed by atoms with Crippen molar-refractivity contribution in [3.8, 4) is 0 Å². The summed E-state index contributed by atoms with van der Waals surface area (Å²) in [7, 11) is 0. The van der Waals surface area contributed by atoms with Crippen LogP contribution in [0.3, 0.4) is 0 Å². The van der Waals surface area contributed by atoms with Crippen molar-refractivity contribution in [3.05, 3.63) is 63.6 Å². The summed E-state index contributed by atoms with van der Waals surface area (Å²) in [6.07, 6.45) is 1.15. The van der Waals surface area contributed by atoms with E-state index in [1.54, 1.807) is 0 Å². The van der Waals surface area contributed by atoms with E-state index in [1.807, 2.05) is 0 Å². The summed E-state index contributed by atoms with van der Waals surface area (Å²) in [4.78, 5) is 0. The van der Waals surface area contributed by atoms with E-state index in [2.05, 4.69) is 84.5 Å². The molecule has 0 heterocycles. The molecule has 2 aromatic carbocycles. The Balaban J connectivity index is 1.95. The van der Waals surface area contributed by atoms with Crippen molar-refractivity contribution in [2.75, 3.05) is 5.32 Å². The van der Waals surface area contributed by atoms with Gasteiger partial charge in [0.05, 0.1) is 0 Å². The quantitative estimate of drug-likeness (QED) is 0.755. The Morgan fingerprint density at radius 1 is 1.00 bits per heavy atom. The molecule has 0 aliphatic carbocycles. The standard InChI is InChI=1S/C18H22BrN/c1-13(2)10-15-5-7-16(8-6-15)12-20-17-9-4-14(3)18(19)11-17/h4-9,11,13,20H,10,12H2,1-3H3. The van der Waals surface area contributed by atoms with Gasteiger partial charge in [0.15, 0.2) is 0 Å². The third-order valence-electron chi connectivity index (χ3n) is 3.34. The topological polar surface area (TPSA) is 12.0 Å². The van der Waals surface area contributed by atoms with Gasteiger partial charge in [-0.1, -0.05) is 60.1 Å². The van der Waals surface area contributed by atoms with E-state index in [0.29, 0.717) is 5.92 Å². The van der Waals surface area contributed by atoms with Crippen molar-refractivity contribution in [2.45, 2.75) is 33.7 Å². The maximum Gasteiger partial charge on any atom is 0.0400 e. The molecule has 0 atom stereocenters. The van der Waals surface area contributed by atoms with E-state index >= 15 is 0 Å². The summed E-state index contributed by atoms with van der Waals surface area (Å²) < 4.78 is 1.15. The van der Waals surface area contributed by atoms with Gasteiger partial charge in [-0.25, -0.2) is 0 Å². The van der Waals surface area contributed by atoms with E-state index in [9.17, 15) is 0 Å². The van der Waals surface area contributed by atoms with Gasteiger partial charge in [-0.05, 0) is 48.1 Å². The Hall–Kier alpha value is -1.28. The molecule has 0 amide bonds. The highest BCUT2D eigenvalue weighted by Gasteiger charge is 2.00.